The van der Waals surface area contributed by atoms with E-state index in [0.717, 1.165) is 5.69 Å². The minimum atomic E-state index is -0.336. The lowest BCUT2D eigenvalue weighted by atomic mass is 9.95. The number of hydrogen-bond donors (Lipinski definition) is 2. The number of hydrogen-bond acceptors (Lipinski definition) is 3. The summed E-state index contributed by atoms with van der Waals surface area (Å²) in [6, 6.07) is 9.19. The third-order valence-electron chi connectivity index (χ3n) is 4.17. The summed E-state index contributed by atoms with van der Waals surface area (Å²) in [7, 11) is 0. The fraction of sp³-hybridized carbons (Fsp3) is 0.333. The van der Waals surface area contributed by atoms with Crippen molar-refractivity contribution < 1.29 is 4.79 Å². The van der Waals surface area contributed by atoms with Gasteiger partial charge < -0.3 is 10.6 Å². The molecule has 0 bridgehead atoms. The zero-order valence-electron chi connectivity index (χ0n) is 13.2. The van der Waals surface area contributed by atoms with Gasteiger partial charge in [-0.3, -0.25) is 9.78 Å². The van der Waals surface area contributed by atoms with E-state index in [9.17, 15) is 4.79 Å². The van der Waals surface area contributed by atoms with Crippen LogP contribution in [0.1, 0.15) is 42.6 Å². The van der Waals surface area contributed by atoms with Crippen LogP contribution in [-0.4, -0.2) is 16.9 Å². The predicted octanol–water partition coefficient (Wildman–Crippen LogP) is 5.39. The van der Waals surface area contributed by atoms with Gasteiger partial charge in [-0.1, -0.05) is 48.5 Å². The van der Waals surface area contributed by atoms with E-state index >= 15 is 0 Å². The van der Waals surface area contributed by atoms with Crippen molar-refractivity contribution in [1.29, 1.82) is 0 Å². The van der Waals surface area contributed by atoms with E-state index in [0.29, 0.717) is 27.5 Å². The molecule has 126 valence electrons. The van der Waals surface area contributed by atoms with E-state index in [2.05, 4.69) is 15.6 Å². The molecule has 2 aromatic rings. The predicted molar refractivity (Wildman–Crippen MR) is 99.1 cm³/mol. The van der Waals surface area contributed by atoms with Crippen molar-refractivity contribution >= 4 is 40.5 Å². The van der Waals surface area contributed by atoms with Gasteiger partial charge in [0.2, 0.25) is 0 Å². The molecule has 1 saturated carbocycles. The average Bonchev–Trinajstić information content (AvgIpc) is 2.59. The number of benzene rings is 1. The highest BCUT2D eigenvalue weighted by molar-refractivity contribution is 6.40. The normalized spacial score (nSPS) is 15.1. The van der Waals surface area contributed by atoms with Crippen LogP contribution in [-0.2, 0) is 0 Å². The van der Waals surface area contributed by atoms with E-state index in [1.165, 1.54) is 32.1 Å². The molecule has 1 heterocycles. The fourth-order valence-electron chi connectivity index (χ4n) is 2.92. The second-order valence-electron chi connectivity index (χ2n) is 5.96. The molecule has 0 spiro atoms. The summed E-state index contributed by atoms with van der Waals surface area (Å²) in [5, 5.41) is 7.01. The van der Waals surface area contributed by atoms with Crippen LogP contribution in [0.25, 0.3) is 0 Å². The quantitative estimate of drug-likeness (QED) is 0.765. The molecule has 1 aliphatic rings. The molecule has 0 atom stereocenters. The Hall–Kier alpha value is -1.78. The van der Waals surface area contributed by atoms with Crippen LogP contribution in [0.3, 0.4) is 0 Å². The van der Waals surface area contributed by atoms with Gasteiger partial charge in [-0.05, 0) is 37.1 Å². The van der Waals surface area contributed by atoms with Gasteiger partial charge >= 0.3 is 0 Å². The fourth-order valence-corrected chi connectivity index (χ4v) is 3.41. The Kier molecular flexibility index (Phi) is 5.59. The molecule has 2 N–H and O–H groups in total. The highest BCUT2D eigenvalue weighted by Crippen LogP contribution is 2.30. The van der Waals surface area contributed by atoms with E-state index in [1.54, 1.807) is 30.5 Å². The first-order valence-electron chi connectivity index (χ1n) is 8.11. The molecule has 0 radical (unpaired) electrons. The second-order valence-corrected chi connectivity index (χ2v) is 6.77. The molecule has 1 amide bonds. The smallest absolute Gasteiger partial charge is 0.274 e. The molecule has 3 rings (SSSR count). The second kappa shape index (κ2) is 7.86. The summed E-state index contributed by atoms with van der Waals surface area (Å²) < 4.78 is 0. The van der Waals surface area contributed by atoms with Gasteiger partial charge in [-0.25, -0.2) is 0 Å². The molecule has 1 aromatic heterocycles. The van der Waals surface area contributed by atoms with Crippen LogP contribution in [0.4, 0.5) is 11.4 Å². The van der Waals surface area contributed by atoms with Gasteiger partial charge in [-0.15, -0.1) is 0 Å². The summed E-state index contributed by atoms with van der Waals surface area (Å²) in [6.45, 7) is 0. The first kappa shape index (κ1) is 17.1. The Morgan fingerprint density at radius 2 is 1.79 bits per heavy atom. The Labute approximate surface area is 151 Å². The Balaban J connectivity index is 1.72. The maximum absolute atomic E-state index is 12.4. The molecular formula is C18H19Cl2N3O. The van der Waals surface area contributed by atoms with Gasteiger partial charge in [0, 0.05) is 17.9 Å². The number of nitrogens with zero attached hydrogens (tertiary/aromatic N) is 1. The van der Waals surface area contributed by atoms with Crippen molar-refractivity contribution in [3.63, 3.8) is 0 Å². The number of aromatic nitrogens is 1. The van der Waals surface area contributed by atoms with Crippen molar-refractivity contribution in [3.8, 4) is 0 Å². The number of carbonyl (C=O) groups excluding carboxylic acids is 1. The van der Waals surface area contributed by atoms with E-state index in [1.807, 2.05) is 6.07 Å². The highest BCUT2D eigenvalue weighted by atomic mass is 35.5. The molecule has 1 fully saturated rings. The number of rotatable bonds is 4. The maximum atomic E-state index is 12.4. The van der Waals surface area contributed by atoms with Crippen LogP contribution >= 0.6 is 23.2 Å². The molecule has 0 saturated heterocycles. The van der Waals surface area contributed by atoms with Crippen LogP contribution in [0, 0.1) is 0 Å². The van der Waals surface area contributed by atoms with Crippen molar-refractivity contribution in [2.24, 2.45) is 0 Å². The third kappa shape index (κ3) is 4.19. The summed E-state index contributed by atoms with van der Waals surface area (Å²) in [5.41, 5.74) is 1.64. The molecule has 1 aliphatic carbocycles. The van der Waals surface area contributed by atoms with Gasteiger partial charge in [0.15, 0.2) is 0 Å². The molecule has 24 heavy (non-hydrogen) atoms. The third-order valence-corrected chi connectivity index (χ3v) is 4.80. The number of carbonyl (C=O) groups is 1. The van der Waals surface area contributed by atoms with E-state index in [-0.39, 0.29) is 5.91 Å². The molecule has 1 aromatic carbocycles. The lowest BCUT2D eigenvalue weighted by Crippen LogP contribution is -2.22. The minimum Gasteiger partial charge on any atom is -0.382 e. The van der Waals surface area contributed by atoms with Crippen molar-refractivity contribution in [3.05, 3.63) is 52.3 Å². The number of halogens is 2. The lowest BCUT2D eigenvalue weighted by Gasteiger charge is -2.23. The van der Waals surface area contributed by atoms with E-state index < -0.39 is 0 Å². The van der Waals surface area contributed by atoms with Gasteiger partial charge in [0.1, 0.15) is 5.69 Å². The summed E-state index contributed by atoms with van der Waals surface area (Å²) >= 11 is 12.2. The van der Waals surface area contributed by atoms with Gasteiger partial charge in [0.25, 0.3) is 5.91 Å². The number of anilines is 2. The van der Waals surface area contributed by atoms with Gasteiger partial charge in [0.05, 0.1) is 15.7 Å². The minimum absolute atomic E-state index is 0.326. The van der Waals surface area contributed by atoms with Crippen LogP contribution in [0.5, 0.6) is 0 Å². The number of pyridine rings is 1. The lowest BCUT2D eigenvalue weighted by molar-refractivity contribution is 0.102. The topological polar surface area (TPSA) is 54.0 Å². The maximum Gasteiger partial charge on any atom is 0.274 e. The highest BCUT2D eigenvalue weighted by Gasteiger charge is 2.15. The number of para-hydroxylation sites is 1. The van der Waals surface area contributed by atoms with Crippen LogP contribution < -0.4 is 10.6 Å². The monoisotopic (exact) mass is 363 g/mol. The molecule has 6 heteroatoms. The molecule has 0 aliphatic heterocycles. The van der Waals surface area contributed by atoms with Crippen molar-refractivity contribution in [1.82, 2.24) is 4.98 Å². The molecular weight excluding hydrogens is 345 g/mol. The first-order chi connectivity index (χ1) is 11.6. The summed E-state index contributed by atoms with van der Waals surface area (Å²) in [4.78, 5) is 16.6. The van der Waals surface area contributed by atoms with Crippen molar-refractivity contribution in [2.45, 2.75) is 38.1 Å². The van der Waals surface area contributed by atoms with E-state index in [4.69, 9.17) is 23.2 Å². The SMILES string of the molecule is O=C(Nc1c(Cl)cccc1Cl)c1cc(NC2CCCCC2)ccn1. The summed E-state index contributed by atoms with van der Waals surface area (Å²) in [5.74, 6) is -0.336. The Morgan fingerprint density at radius 1 is 1.08 bits per heavy atom. The first-order valence-corrected chi connectivity index (χ1v) is 8.87. The van der Waals surface area contributed by atoms with Crippen molar-refractivity contribution in [2.75, 3.05) is 10.6 Å². The zero-order chi connectivity index (χ0) is 16.9. The standard InChI is InChI=1S/C18H19Cl2N3O/c19-14-7-4-8-15(20)17(14)23-18(24)16-11-13(9-10-21-16)22-12-5-2-1-3-6-12/h4,7-12H,1-3,5-6H2,(H,21,22)(H,23,24). The van der Waals surface area contributed by atoms with Gasteiger partial charge in [-0.2, -0.15) is 0 Å². The molecule has 4 nitrogen and oxygen atoms in total. The Morgan fingerprint density at radius 3 is 2.50 bits per heavy atom. The summed E-state index contributed by atoms with van der Waals surface area (Å²) in [6.07, 6.45) is 7.77. The largest absolute Gasteiger partial charge is 0.382 e. The average molecular weight is 364 g/mol. The Bertz CT molecular complexity index is 710. The molecule has 0 unspecified atom stereocenters. The van der Waals surface area contributed by atoms with Crippen LogP contribution in [0.15, 0.2) is 36.5 Å². The number of amides is 1. The zero-order valence-corrected chi connectivity index (χ0v) is 14.7. The number of nitrogens with one attached hydrogen (secondary N) is 2. The van der Waals surface area contributed by atoms with Crippen LogP contribution in [0.2, 0.25) is 10.0 Å².